The molecule has 0 aliphatic carbocycles. The molecule has 0 aliphatic rings. The van der Waals surface area contributed by atoms with Gasteiger partial charge in [0.05, 0.1) is 11.0 Å². The van der Waals surface area contributed by atoms with Gasteiger partial charge < -0.3 is 4.90 Å². The molecule has 0 fully saturated rings. The summed E-state index contributed by atoms with van der Waals surface area (Å²) in [6.45, 7) is 5.93. The van der Waals surface area contributed by atoms with Gasteiger partial charge >= 0.3 is 12.0 Å². The topological polar surface area (TPSA) is 81.9 Å². The molecule has 0 spiro atoms. The summed E-state index contributed by atoms with van der Waals surface area (Å²) >= 11 is 0. The van der Waals surface area contributed by atoms with E-state index in [1.165, 1.54) is 24.3 Å². The lowest BCUT2D eigenvalue weighted by atomic mass is 10.1. The zero-order chi connectivity index (χ0) is 18.9. The van der Waals surface area contributed by atoms with Gasteiger partial charge in [0.25, 0.3) is 5.69 Å². The summed E-state index contributed by atoms with van der Waals surface area (Å²) in [7, 11) is 0. The maximum absolute atomic E-state index is 12.4. The summed E-state index contributed by atoms with van der Waals surface area (Å²) in [5.74, 6) is -0.424. The lowest BCUT2D eigenvalue weighted by molar-refractivity contribution is -0.384. The molecular weight excluding hydrogens is 332 g/mol. The monoisotopic (exact) mass is 350 g/mol. The Labute approximate surface area is 151 Å². The lowest BCUT2D eigenvalue weighted by Gasteiger charge is -2.25. The molecule has 0 N–H and O–H groups in total. The fraction of sp³-hybridized carbons (Fsp3) is 0.158. The van der Waals surface area contributed by atoms with Gasteiger partial charge in [-0.1, -0.05) is 59.2 Å². The van der Waals surface area contributed by atoms with Crippen molar-refractivity contribution >= 4 is 17.3 Å². The van der Waals surface area contributed by atoms with Crippen molar-refractivity contribution in [3.05, 3.63) is 93.3 Å². The fourth-order valence-corrected chi connectivity index (χ4v) is 2.30. The van der Waals surface area contributed by atoms with E-state index in [4.69, 9.17) is 0 Å². The second kappa shape index (κ2) is 8.99. The van der Waals surface area contributed by atoms with Crippen LogP contribution in [0.25, 0.3) is 10.4 Å². The number of carbonyl (C=O) groups excluding carboxylic acids is 1. The summed E-state index contributed by atoms with van der Waals surface area (Å²) in [5, 5.41) is 10.6. The van der Waals surface area contributed by atoms with Crippen LogP contribution in [0.1, 0.15) is 18.5 Å². The molecule has 1 amide bonds. The van der Waals surface area contributed by atoms with Crippen molar-refractivity contribution in [3.8, 4) is 6.07 Å². The van der Waals surface area contributed by atoms with E-state index >= 15 is 0 Å². The third-order valence-corrected chi connectivity index (χ3v) is 3.71. The van der Waals surface area contributed by atoms with Gasteiger partial charge in [-0.25, -0.2) is 0 Å². The van der Waals surface area contributed by atoms with E-state index < -0.39 is 10.8 Å². The Hall–Kier alpha value is -3.66. The van der Waals surface area contributed by atoms with Gasteiger partial charge in [-0.3, -0.25) is 20.3 Å². The van der Waals surface area contributed by atoms with Crippen LogP contribution in [0, 0.1) is 16.2 Å². The number of benzene rings is 2. The Morgan fingerprint density at radius 3 is 2.54 bits per heavy atom. The zero-order valence-electron chi connectivity index (χ0n) is 14.3. The van der Waals surface area contributed by atoms with E-state index in [0.717, 1.165) is 5.56 Å². The Balaban J connectivity index is 2.07. The Morgan fingerprint density at radius 2 is 1.96 bits per heavy atom. The summed E-state index contributed by atoms with van der Waals surface area (Å²) in [6.07, 6.45) is 1.63. The molecule has 26 heavy (non-hydrogen) atoms. The van der Waals surface area contributed by atoms with Crippen LogP contribution in [0.5, 0.6) is 0 Å². The summed E-state index contributed by atoms with van der Waals surface area (Å²) in [4.78, 5) is 27.8. The summed E-state index contributed by atoms with van der Waals surface area (Å²) in [5.41, 5.74) is 5.17. The highest BCUT2D eigenvalue weighted by atomic mass is 16.6. The van der Waals surface area contributed by atoms with Crippen molar-refractivity contribution in [1.82, 2.24) is 4.90 Å². The van der Waals surface area contributed by atoms with E-state index in [9.17, 15) is 14.9 Å². The molecule has 7 nitrogen and oxygen atoms in total. The maximum atomic E-state index is 12.4. The number of carbonyl (C=O) groups is 1. The average molecular weight is 350 g/mol. The van der Waals surface area contributed by atoms with E-state index in [-0.39, 0.29) is 11.7 Å². The van der Waals surface area contributed by atoms with Crippen molar-refractivity contribution < 1.29 is 9.72 Å². The highest BCUT2D eigenvalue weighted by Gasteiger charge is 2.22. The van der Waals surface area contributed by atoms with Crippen LogP contribution < -0.4 is 0 Å². The van der Waals surface area contributed by atoms with E-state index in [1.54, 1.807) is 11.0 Å². The average Bonchev–Trinajstić information content (AvgIpc) is 2.66. The van der Waals surface area contributed by atoms with Crippen molar-refractivity contribution in [2.75, 3.05) is 6.54 Å². The zero-order valence-corrected chi connectivity index (χ0v) is 14.3. The number of non-ortho nitro benzene ring substituents is 1. The molecule has 0 aromatic heterocycles. The summed E-state index contributed by atoms with van der Waals surface area (Å²) in [6, 6.07) is 17.3. The number of nitro benzene ring substituents is 1. The standard InChI is InChI=1S/C19H18N4O3/c1-3-13-22(15(2)16-7-5-4-6-8-16)19(24)14-20-21-17-9-11-18(12-10-17)23(25)26/h3-12,15H,1,13H2,2H3/t15-/m0/s1. The van der Waals surface area contributed by atoms with Gasteiger partial charge in [-0.2, -0.15) is 0 Å². The molecule has 2 aromatic carbocycles. The van der Waals surface area contributed by atoms with Gasteiger partial charge in [-0.05, 0) is 12.5 Å². The minimum atomic E-state index is -0.499. The Bertz CT molecular complexity index is 839. The quantitative estimate of drug-likeness (QED) is 0.330. The molecule has 0 aliphatic heterocycles. The molecule has 0 radical (unpaired) electrons. The van der Waals surface area contributed by atoms with E-state index in [0.29, 0.717) is 12.2 Å². The van der Waals surface area contributed by atoms with Crippen LogP contribution in [0.3, 0.4) is 0 Å². The van der Waals surface area contributed by atoms with Crippen molar-refractivity contribution in [2.24, 2.45) is 0 Å². The third kappa shape index (κ3) is 4.92. The van der Waals surface area contributed by atoms with Gasteiger partial charge in [0.1, 0.15) is 0 Å². The minimum absolute atomic E-state index is 0.0400. The SMILES string of the molecule is C=CCN(C(=O)C#[N+][N-]c1ccc([N+](=O)[O-])cc1)[C@@H](C)c1ccccc1. The predicted octanol–water partition coefficient (Wildman–Crippen LogP) is 4.62. The largest absolute Gasteiger partial charge is 0.374 e. The number of hydrogen-bond acceptors (Lipinski definition) is 3. The van der Waals surface area contributed by atoms with Gasteiger partial charge in [0, 0.05) is 18.7 Å². The number of rotatable bonds is 6. The molecule has 0 bridgehead atoms. The number of hydrogen-bond donors (Lipinski definition) is 0. The maximum Gasteiger partial charge on any atom is 0.374 e. The number of amides is 1. The lowest BCUT2D eigenvalue weighted by Crippen LogP contribution is -2.32. The molecular formula is C19H18N4O3. The Morgan fingerprint density at radius 1 is 1.31 bits per heavy atom. The highest BCUT2D eigenvalue weighted by molar-refractivity contribution is 5.93. The first kappa shape index (κ1) is 18.7. The van der Waals surface area contributed by atoms with Crippen LogP contribution in [0.15, 0.2) is 67.3 Å². The van der Waals surface area contributed by atoms with E-state index in [2.05, 4.69) is 23.0 Å². The molecule has 0 saturated carbocycles. The first-order valence-electron chi connectivity index (χ1n) is 7.90. The van der Waals surface area contributed by atoms with Gasteiger partial charge in [0.2, 0.25) is 0 Å². The number of nitro groups is 1. The molecule has 2 aromatic rings. The molecule has 132 valence electrons. The second-order valence-electron chi connectivity index (χ2n) is 5.42. The van der Waals surface area contributed by atoms with Crippen LogP contribution in [-0.2, 0) is 4.79 Å². The van der Waals surface area contributed by atoms with Crippen molar-refractivity contribution in [3.63, 3.8) is 0 Å². The molecule has 7 heteroatoms. The van der Waals surface area contributed by atoms with Gasteiger partial charge in [-0.15, -0.1) is 6.58 Å². The normalized spacial score (nSPS) is 10.8. The van der Waals surface area contributed by atoms with Crippen LogP contribution in [0.2, 0.25) is 0 Å². The van der Waals surface area contributed by atoms with Gasteiger partial charge in [0.15, 0.2) is 0 Å². The van der Waals surface area contributed by atoms with E-state index in [1.807, 2.05) is 37.3 Å². The van der Waals surface area contributed by atoms with Crippen LogP contribution >= 0.6 is 0 Å². The molecule has 0 unspecified atom stereocenters. The van der Waals surface area contributed by atoms with Crippen LogP contribution in [0.4, 0.5) is 11.4 Å². The van der Waals surface area contributed by atoms with Crippen molar-refractivity contribution in [1.29, 1.82) is 0 Å². The van der Waals surface area contributed by atoms with Crippen molar-refractivity contribution in [2.45, 2.75) is 13.0 Å². The Kier molecular flexibility index (Phi) is 6.46. The first-order valence-corrected chi connectivity index (χ1v) is 7.90. The molecule has 0 saturated heterocycles. The predicted molar refractivity (Wildman–Crippen MR) is 100 cm³/mol. The second-order valence-corrected chi connectivity index (χ2v) is 5.42. The molecule has 1 atom stereocenters. The molecule has 2 rings (SSSR count). The highest BCUT2D eigenvalue weighted by Crippen LogP contribution is 2.23. The summed E-state index contributed by atoms with van der Waals surface area (Å²) < 4.78 is 0. The number of nitrogens with zero attached hydrogens (tertiary/aromatic N) is 4. The fourth-order valence-electron chi connectivity index (χ4n) is 2.30. The molecule has 0 heterocycles. The van der Waals surface area contributed by atoms with Crippen LogP contribution in [-0.4, -0.2) is 22.3 Å². The first-order chi connectivity index (χ1) is 12.5. The third-order valence-electron chi connectivity index (χ3n) is 3.71. The minimum Gasteiger partial charge on any atom is -0.316 e. The smallest absolute Gasteiger partial charge is 0.316 e.